The van der Waals surface area contributed by atoms with Crippen LogP contribution in [0.5, 0.6) is 5.75 Å². The van der Waals surface area contributed by atoms with E-state index in [1.54, 1.807) is 18.0 Å². The van der Waals surface area contributed by atoms with Crippen LogP contribution in [0.15, 0.2) is 23.1 Å². The highest BCUT2D eigenvalue weighted by Crippen LogP contribution is 2.29. The number of carbonyl (C=O) groups is 1. The summed E-state index contributed by atoms with van der Waals surface area (Å²) < 4.78 is 28.0. The Kier molecular flexibility index (Phi) is 4.25. The van der Waals surface area contributed by atoms with E-state index in [9.17, 15) is 13.2 Å². The monoisotopic (exact) mass is 317 g/mol. The minimum atomic E-state index is -3.91. The molecule has 1 amide bonds. The third-order valence-electron chi connectivity index (χ3n) is 3.33. The van der Waals surface area contributed by atoms with Crippen molar-refractivity contribution in [2.75, 3.05) is 14.2 Å². The largest absolute Gasteiger partial charge is 0.495 e. The molecule has 1 fully saturated rings. The second-order valence-corrected chi connectivity index (χ2v) is 7.37. The molecule has 0 aliphatic heterocycles. The van der Waals surface area contributed by atoms with Crippen LogP contribution in [0.3, 0.4) is 0 Å². The predicted molar refractivity (Wildman–Crippen MR) is 75.5 cm³/mol. The Labute approximate surface area is 122 Å². The second-order valence-electron chi connectivity index (χ2n) is 4.84. The molecule has 5 nitrogen and oxygen atoms in total. The van der Waals surface area contributed by atoms with Gasteiger partial charge < -0.3 is 9.64 Å². The second kappa shape index (κ2) is 5.61. The molecule has 7 heteroatoms. The smallest absolute Gasteiger partial charge is 0.264 e. The lowest BCUT2D eigenvalue weighted by molar-refractivity contribution is -0.129. The Morgan fingerprint density at radius 1 is 1.45 bits per heavy atom. The zero-order chi connectivity index (χ0) is 14.9. The van der Waals surface area contributed by atoms with Gasteiger partial charge in [0.1, 0.15) is 10.6 Å². The van der Waals surface area contributed by atoms with Gasteiger partial charge in [-0.25, -0.2) is 8.42 Å². The first-order valence-corrected chi connectivity index (χ1v) is 8.51. The molecule has 0 unspecified atom stereocenters. The van der Waals surface area contributed by atoms with E-state index in [4.69, 9.17) is 15.4 Å². The maximum atomic E-state index is 12.0. The van der Waals surface area contributed by atoms with Crippen LogP contribution >= 0.6 is 10.7 Å². The topological polar surface area (TPSA) is 63.7 Å². The summed E-state index contributed by atoms with van der Waals surface area (Å²) in [7, 11) is 4.60. The number of ether oxygens (including phenoxy) is 1. The summed E-state index contributed by atoms with van der Waals surface area (Å²) in [5, 5.41) is 0. The van der Waals surface area contributed by atoms with Crippen molar-refractivity contribution >= 4 is 25.6 Å². The molecule has 2 rings (SSSR count). The Hall–Kier alpha value is -1.27. The number of amides is 1. The zero-order valence-corrected chi connectivity index (χ0v) is 12.9. The van der Waals surface area contributed by atoms with Crippen molar-refractivity contribution < 1.29 is 17.9 Å². The lowest BCUT2D eigenvalue weighted by Gasteiger charge is -2.16. The molecule has 0 bridgehead atoms. The van der Waals surface area contributed by atoms with E-state index in [2.05, 4.69) is 0 Å². The number of carbonyl (C=O) groups excluding carboxylic acids is 1. The minimum Gasteiger partial charge on any atom is -0.495 e. The van der Waals surface area contributed by atoms with Crippen molar-refractivity contribution in [1.82, 2.24) is 4.90 Å². The lowest BCUT2D eigenvalue weighted by atomic mass is 10.1. The standard InChI is InChI=1S/C13H16ClNO4S/c1-15(10-4-5-10)13(16)8-9-3-6-11(19-2)12(7-9)20(14,17)18/h3,6-7,10H,4-5,8H2,1-2H3. The van der Waals surface area contributed by atoms with Crippen LogP contribution in [0.4, 0.5) is 0 Å². The predicted octanol–water partition coefficient (Wildman–Crippen LogP) is 1.79. The fourth-order valence-corrected chi connectivity index (χ4v) is 3.03. The Balaban J connectivity index is 2.22. The number of nitrogens with zero attached hydrogens (tertiary/aromatic N) is 1. The number of benzene rings is 1. The number of rotatable bonds is 5. The van der Waals surface area contributed by atoms with Crippen LogP contribution in [-0.2, 0) is 20.3 Å². The Morgan fingerprint density at radius 3 is 2.60 bits per heavy atom. The van der Waals surface area contributed by atoms with E-state index in [1.165, 1.54) is 19.2 Å². The fourth-order valence-electron chi connectivity index (χ4n) is 1.99. The maximum Gasteiger partial charge on any atom is 0.264 e. The van der Waals surface area contributed by atoms with Crippen molar-refractivity contribution in [3.63, 3.8) is 0 Å². The summed E-state index contributed by atoms with van der Waals surface area (Å²) in [5.41, 5.74) is 0.600. The quantitative estimate of drug-likeness (QED) is 0.777. The van der Waals surface area contributed by atoms with Gasteiger partial charge in [-0.2, -0.15) is 0 Å². The van der Waals surface area contributed by atoms with E-state index in [-0.39, 0.29) is 23.0 Å². The minimum absolute atomic E-state index is 0.0319. The molecule has 110 valence electrons. The molecule has 1 aromatic carbocycles. The van der Waals surface area contributed by atoms with Gasteiger partial charge in [-0.1, -0.05) is 6.07 Å². The summed E-state index contributed by atoms with van der Waals surface area (Å²) >= 11 is 0. The van der Waals surface area contributed by atoms with Gasteiger partial charge in [0.15, 0.2) is 0 Å². The van der Waals surface area contributed by atoms with E-state index < -0.39 is 9.05 Å². The van der Waals surface area contributed by atoms with Gasteiger partial charge in [0, 0.05) is 23.8 Å². The number of halogens is 1. The van der Waals surface area contributed by atoms with Gasteiger partial charge in [0.25, 0.3) is 9.05 Å². The molecule has 0 radical (unpaired) electrons. The lowest BCUT2D eigenvalue weighted by Crippen LogP contribution is -2.30. The SMILES string of the molecule is COc1ccc(CC(=O)N(C)C2CC2)cc1S(=O)(=O)Cl. The molecule has 0 spiro atoms. The molecule has 1 aliphatic rings. The van der Waals surface area contributed by atoms with Crippen molar-refractivity contribution in [2.24, 2.45) is 0 Å². The molecule has 0 heterocycles. The summed E-state index contributed by atoms with van der Waals surface area (Å²) in [5.74, 6) is 0.141. The van der Waals surface area contributed by atoms with Gasteiger partial charge in [-0.15, -0.1) is 0 Å². The molecular weight excluding hydrogens is 302 g/mol. The van der Waals surface area contributed by atoms with Crippen molar-refractivity contribution in [1.29, 1.82) is 0 Å². The van der Waals surface area contributed by atoms with Crippen molar-refractivity contribution in [3.8, 4) is 5.75 Å². The molecule has 1 aromatic rings. The molecule has 0 N–H and O–H groups in total. The van der Waals surface area contributed by atoms with Crippen LogP contribution in [0.1, 0.15) is 18.4 Å². The highest BCUT2D eigenvalue weighted by molar-refractivity contribution is 8.13. The molecule has 1 saturated carbocycles. The number of hydrogen-bond donors (Lipinski definition) is 0. The third-order valence-corrected chi connectivity index (χ3v) is 4.68. The maximum absolute atomic E-state index is 12.0. The van der Waals surface area contributed by atoms with Crippen LogP contribution in [0, 0.1) is 0 Å². The molecule has 20 heavy (non-hydrogen) atoms. The first-order valence-electron chi connectivity index (χ1n) is 6.20. The highest BCUT2D eigenvalue weighted by Gasteiger charge is 2.29. The van der Waals surface area contributed by atoms with Crippen LogP contribution in [0.2, 0.25) is 0 Å². The zero-order valence-electron chi connectivity index (χ0n) is 11.3. The van der Waals surface area contributed by atoms with Gasteiger partial charge in [0.2, 0.25) is 5.91 Å². The number of methoxy groups -OCH3 is 1. The van der Waals surface area contributed by atoms with Crippen molar-refractivity contribution in [3.05, 3.63) is 23.8 Å². The number of likely N-dealkylation sites (N-methyl/N-ethyl adjacent to an activating group) is 1. The van der Waals surface area contributed by atoms with Gasteiger partial charge in [0.05, 0.1) is 13.5 Å². The molecule has 0 atom stereocenters. The first kappa shape index (κ1) is 15.1. The van der Waals surface area contributed by atoms with E-state index in [0.29, 0.717) is 11.6 Å². The van der Waals surface area contributed by atoms with E-state index in [1.807, 2.05) is 0 Å². The van der Waals surface area contributed by atoms with E-state index >= 15 is 0 Å². The van der Waals surface area contributed by atoms with Crippen LogP contribution in [0.25, 0.3) is 0 Å². The van der Waals surface area contributed by atoms with Crippen LogP contribution < -0.4 is 4.74 Å². The highest BCUT2D eigenvalue weighted by atomic mass is 35.7. The van der Waals surface area contributed by atoms with Gasteiger partial charge in [-0.05, 0) is 30.5 Å². The number of hydrogen-bond acceptors (Lipinski definition) is 4. The molecule has 1 aliphatic carbocycles. The Morgan fingerprint density at radius 2 is 2.10 bits per heavy atom. The van der Waals surface area contributed by atoms with Gasteiger partial charge in [-0.3, -0.25) is 4.79 Å². The summed E-state index contributed by atoms with van der Waals surface area (Å²) in [6.45, 7) is 0. The van der Waals surface area contributed by atoms with Gasteiger partial charge >= 0.3 is 0 Å². The average Bonchev–Trinajstić information content (AvgIpc) is 3.21. The van der Waals surface area contributed by atoms with E-state index in [0.717, 1.165) is 12.8 Å². The first-order chi connectivity index (χ1) is 9.32. The van der Waals surface area contributed by atoms with Crippen molar-refractivity contribution in [2.45, 2.75) is 30.2 Å². The summed E-state index contributed by atoms with van der Waals surface area (Å²) in [6.07, 6.45) is 2.22. The normalized spacial score (nSPS) is 14.9. The summed E-state index contributed by atoms with van der Waals surface area (Å²) in [4.78, 5) is 13.6. The van der Waals surface area contributed by atoms with Crippen LogP contribution in [-0.4, -0.2) is 39.4 Å². The molecule has 0 saturated heterocycles. The molecular formula is C13H16ClNO4S. The molecule has 0 aromatic heterocycles. The average molecular weight is 318 g/mol. The fraction of sp³-hybridized carbons (Fsp3) is 0.462. The summed E-state index contributed by atoms with van der Waals surface area (Å²) in [6, 6.07) is 4.90. The third kappa shape index (κ3) is 3.43. The Bertz CT molecular complexity index is 625.